The third-order valence-electron chi connectivity index (χ3n) is 5.18. The lowest BCUT2D eigenvalue weighted by Crippen LogP contribution is -2.42. The molecule has 1 aliphatic heterocycles. The highest BCUT2D eigenvalue weighted by Gasteiger charge is 2.45. The van der Waals surface area contributed by atoms with Gasteiger partial charge in [-0.05, 0) is 54.0 Å². The number of hydrogen-bond donors (Lipinski definition) is 1. The molecule has 3 nitrogen and oxygen atoms in total. The minimum Gasteiger partial charge on any atom is -0.319 e. The zero-order valence-corrected chi connectivity index (χ0v) is 14.0. The number of nitrogens with one attached hydrogen (secondary N) is 1. The molecule has 4 heteroatoms. The molecule has 21 heavy (non-hydrogen) atoms. The van der Waals surface area contributed by atoms with Crippen LogP contribution in [0.1, 0.15) is 58.2 Å². The molecule has 1 saturated carbocycles. The number of rotatable bonds is 4. The Labute approximate surface area is 131 Å². The highest BCUT2D eigenvalue weighted by Crippen LogP contribution is 2.37. The molecule has 1 aliphatic carbocycles. The number of hydrogen-bond acceptors (Lipinski definition) is 3. The van der Waals surface area contributed by atoms with Crippen molar-refractivity contribution in [3.05, 3.63) is 22.4 Å². The summed E-state index contributed by atoms with van der Waals surface area (Å²) in [4.78, 5) is 15.1. The van der Waals surface area contributed by atoms with Crippen molar-refractivity contribution in [1.29, 1.82) is 0 Å². The summed E-state index contributed by atoms with van der Waals surface area (Å²) < 4.78 is 0. The molecule has 1 amide bonds. The van der Waals surface area contributed by atoms with Crippen LogP contribution in [0.3, 0.4) is 0 Å². The summed E-state index contributed by atoms with van der Waals surface area (Å²) in [6.45, 7) is 6.51. The molecule has 1 N–H and O–H groups in total. The summed E-state index contributed by atoms with van der Waals surface area (Å²) in [6.07, 6.45) is 5.25. The molecular formula is C17H26N2OS. The zero-order valence-electron chi connectivity index (χ0n) is 13.2. The maximum Gasteiger partial charge on any atom is 0.241 e. The van der Waals surface area contributed by atoms with E-state index in [2.05, 4.69) is 47.8 Å². The first-order valence-corrected chi connectivity index (χ1v) is 9.14. The van der Waals surface area contributed by atoms with Crippen LogP contribution in [0.4, 0.5) is 0 Å². The van der Waals surface area contributed by atoms with Crippen LogP contribution in [0.2, 0.25) is 0 Å². The lowest BCUT2D eigenvalue weighted by atomic mass is 9.96. The van der Waals surface area contributed by atoms with E-state index in [1.54, 1.807) is 11.3 Å². The molecule has 1 aromatic heterocycles. The highest BCUT2D eigenvalue weighted by molar-refractivity contribution is 7.07. The maximum atomic E-state index is 12.9. The van der Waals surface area contributed by atoms with Crippen molar-refractivity contribution in [3.63, 3.8) is 0 Å². The van der Waals surface area contributed by atoms with Gasteiger partial charge in [0.05, 0.1) is 6.04 Å². The van der Waals surface area contributed by atoms with Crippen molar-refractivity contribution >= 4 is 17.2 Å². The fourth-order valence-corrected chi connectivity index (χ4v) is 4.56. The van der Waals surface area contributed by atoms with Gasteiger partial charge in [-0.2, -0.15) is 11.3 Å². The molecule has 1 saturated heterocycles. The van der Waals surface area contributed by atoms with Gasteiger partial charge in [-0.1, -0.05) is 26.7 Å². The molecule has 0 radical (unpaired) electrons. The Hall–Kier alpha value is -0.870. The SMILES string of the molecule is CC(C)C1NC(c2ccsc2)N(C(C)C2CCCC2)C1=O. The second-order valence-electron chi connectivity index (χ2n) is 6.88. The fraction of sp³-hybridized carbons (Fsp3) is 0.706. The minimum absolute atomic E-state index is 0.0428. The largest absolute Gasteiger partial charge is 0.319 e. The van der Waals surface area contributed by atoms with E-state index in [1.807, 2.05) is 0 Å². The van der Waals surface area contributed by atoms with Gasteiger partial charge >= 0.3 is 0 Å². The van der Waals surface area contributed by atoms with Crippen molar-refractivity contribution in [2.45, 2.75) is 64.7 Å². The zero-order chi connectivity index (χ0) is 15.0. The molecular weight excluding hydrogens is 280 g/mol. The summed E-state index contributed by atoms with van der Waals surface area (Å²) in [5.74, 6) is 1.29. The topological polar surface area (TPSA) is 32.3 Å². The van der Waals surface area contributed by atoms with Gasteiger partial charge < -0.3 is 4.90 Å². The van der Waals surface area contributed by atoms with Crippen LogP contribution in [-0.2, 0) is 4.79 Å². The molecule has 2 aliphatic rings. The van der Waals surface area contributed by atoms with Crippen molar-refractivity contribution in [1.82, 2.24) is 10.2 Å². The molecule has 3 rings (SSSR count). The third kappa shape index (κ3) is 2.76. The average Bonchev–Trinajstić information content (AvgIpc) is 3.18. The summed E-state index contributed by atoms with van der Waals surface area (Å²) in [5, 5.41) is 7.85. The minimum atomic E-state index is -0.0428. The second-order valence-corrected chi connectivity index (χ2v) is 7.66. The summed E-state index contributed by atoms with van der Waals surface area (Å²) in [7, 11) is 0. The first-order chi connectivity index (χ1) is 10.1. The molecule has 2 fully saturated rings. The van der Waals surface area contributed by atoms with E-state index in [1.165, 1.54) is 31.2 Å². The first-order valence-electron chi connectivity index (χ1n) is 8.20. The van der Waals surface area contributed by atoms with Gasteiger partial charge in [-0.25, -0.2) is 0 Å². The normalized spacial score (nSPS) is 28.8. The molecule has 3 atom stereocenters. The van der Waals surface area contributed by atoms with Gasteiger partial charge in [-0.3, -0.25) is 10.1 Å². The van der Waals surface area contributed by atoms with Gasteiger partial charge in [-0.15, -0.1) is 0 Å². The number of carbonyl (C=O) groups is 1. The Bertz CT molecular complexity index is 479. The average molecular weight is 306 g/mol. The Morgan fingerprint density at radius 3 is 2.57 bits per heavy atom. The molecule has 2 heterocycles. The molecule has 0 spiro atoms. The van der Waals surface area contributed by atoms with Gasteiger partial charge in [0.2, 0.25) is 5.91 Å². The van der Waals surface area contributed by atoms with Crippen LogP contribution >= 0.6 is 11.3 Å². The van der Waals surface area contributed by atoms with Gasteiger partial charge in [0.15, 0.2) is 0 Å². The standard InChI is InChI=1S/C17H26N2OS/c1-11(2)15-17(20)19(12(3)13-6-4-5-7-13)16(18-15)14-8-9-21-10-14/h8-13,15-16,18H,4-7H2,1-3H3. The number of nitrogens with zero attached hydrogens (tertiary/aromatic N) is 1. The van der Waals surface area contributed by atoms with Crippen LogP contribution in [0.15, 0.2) is 16.8 Å². The van der Waals surface area contributed by atoms with Gasteiger partial charge in [0, 0.05) is 6.04 Å². The van der Waals surface area contributed by atoms with E-state index in [0.717, 1.165) is 0 Å². The van der Waals surface area contributed by atoms with Crippen LogP contribution < -0.4 is 5.32 Å². The lowest BCUT2D eigenvalue weighted by molar-refractivity contribution is -0.133. The Kier molecular flexibility index (Phi) is 4.36. The van der Waals surface area contributed by atoms with Crippen LogP contribution in [0, 0.1) is 11.8 Å². The first kappa shape index (κ1) is 15.0. The Morgan fingerprint density at radius 2 is 2.00 bits per heavy atom. The quantitative estimate of drug-likeness (QED) is 0.918. The monoisotopic (exact) mass is 306 g/mol. The van der Waals surface area contributed by atoms with E-state index < -0.39 is 0 Å². The van der Waals surface area contributed by atoms with Crippen LogP contribution in [0.5, 0.6) is 0 Å². The molecule has 1 aromatic rings. The predicted octanol–water partition coefficient (Wildman–Crippen LogP) is 3.78. The van der Waals surface area contributed by atoms with Crippen molar-refractivity contribution < 1.29 is 4.79 Å². The van der Waals surface area contributed by atoms with E-state index in [4.69, 9.17) is 0 Å². The summed E-state index contributed by atoms with van der Waals surface area (Å²) >= 11 is 1.71. The Balaban J connectivity index is 1.87. The molecule has 0 aromatic carbocycles. The number of amides is 1. The van der Waals surface area contributed by atoms with E-state index in [9.17, 15) is 4.79 Å². The van der Waals surface area contributed by atoms with Gasteiger partial charge in [0.1, 0.15) is 6.17 Å². The highest BCUT2D eigenvalue weighted by atomic mass is 32.1. The van der Waals surface area contributed by atoms with Gasteiger partial charge in [0.25, 0.3) is 0 Å². The lowest BCUT2D eigenvalue weighted by Gasteiger charge is -2.34. The molecule has 116 valence electrons. The Morgan fingerprint density at radius 1 is 1.29 bits per heavy atom. The second kappa shape index (κ2) is 6.09. The molecule has 3 unspecified atom stereocenters. The van der Waals surface area contributed by atoms with Crippen molar-refractivity contribution in [2.24, 2.45) is 11.8 Å². The molecule has 0 bridgehead atoms. The number of carbonyl (C=O) groups excluding carboxylic acids is 1. The third-order valence-corrected chi connectivity index (χ3v) is 5.88. The van der Waals surface area contributed by atoms with Crippen molar-refractivity contribution in [3.8, 4) is 0 Å². The van der Waals surface area contributed by atoms with E-state index in [-0.39, 0.29) is 12.2 Å². The van der Waals surface area contributed by atoms with Crippen LogP contribution in [-0.4, -0.2) is 22.9 Å². The smallest absolute Gasteiger partial charge is 0.241 e. The number of thiophene rings is 1. The van der Waals surface area contributed by atoms with E-state index in [0.29, 0.717) is 23.8 Å². The predicted molar refractivity (Wildman–Crippen MR) is 87.1 cm³/mol. The summed E-state index contributed by atoms with van der Waals surface area (Å²) in [5.41, 5.74) is 1.24. The maximum absolute atomic E-state index is 12.9. The fourth-order valence-electron chi connectivity index (χ4n) is 3.88. The van der Waals surface area contributed by atoms with E-state index >= 15 is 0 Å². The summed E-state index contributed by atoms with van der Waals surface area (Å²) in [6, 6.07) is 2.44. The van der Waals surface area contributed by atoms with Crippen molar-refractivity contribution in [2.75, 3.05) is 0 Å². The van der Waals surface area contributed by atoms with Crippen LogP contribution in [0.25, 0.3) is 0 Å².